The quantitative estimate of drug-likeness (QED) is 0.718. The monoisotopic (exact) mass is 275 g/mol. The van der Waals surface area contributed by atoms with Crippen LogP contribution in [0.5, 0.6) is 0 Å². The summed E-state index contributed by atoms with van der Waals surface area (Å²) in [5.74, 6) is -0.0114. The Morgan fingerprint density at radius 2 is 1.72 bits per heavy atom. The first-order chi connectivity index (χ1) is 8.66. The summed E-state index contributed by atoms with van der Waals surface area (Å²) in [7, 11) is 0. The molecule has 5 heteroatoms. The van der Waals surface area contributed by atoms with E-state index in [2.05, 4.69) is 0 Å². The standard InChI is InChI=1S/C13H22ClNO3/c1-10(14)13(16)15(8-11-4-2-6-17-11)9-12-5-3-7-18-12/h10-12H,2-9H2,1H3. The summed E-state index contributed by atoms with van der Waals surface area (Å²) >= 11 is 5.92. The number of hydrogen-bond donors (Lipinski definition) is 0. The van der Waals surface area contributed by atoms with Crippen molar-refractivity contribution in [2.24, 2.45) is 0 Å². The van der Waals surface area contributed by atoms with Crippen LogP contribution in [0.25, 0.3) is 0 Å². The highest BCUT2D eigenvalue weighted by atomic mass is 35.5. The van der Waals surface area contributed by atoms with E-state index in [1.165, 1.54) is 0 Å². The molecular weight excluding hydrogens is 254 g/mol. The Morgan fingerprint density at radius 1 is 1.22 bits per heavy atom. The second-order valence-corrected chi connectivity index (χ2v) is 5.78. The van der Waals surface area contributed by atoms with Crippen molar-refractivity contribution in [3.8, 4) is 0 Å². The molecule has 0 spiro atoms. The number of nitrogens with zero attached hydrogens (tertiary/aromatic N) is 1. The number of ether oxygens (including phenoxy) is 2. The van der Waals surface area contributed by atoms with Crippen LogP contribution in [-0.4, -0.2) is 54.7 Å². The molecule has 104 valence electrons. The van der Waals surface area contributed by atoms with Crippen LogP contribution in [0.15, 0.2) is 0 Å². The van der Waals surface area contributed by atoms with Gasteiger partial charge in [-0.15, -0.1) is 11.6 Å². The lowest BCUT2D eigenvalue weighted by Gasteiger charge is -2.28. The van der Waals surface area contributed by atoms with Gasteiger partial charge in [-0.3, -0.25) is 4.79 Å². The summed E-state index contributed by atoms with van der Waals surface area (Å²) in [5, 5.41) is -0.479. The van der Waals surface area contributed by atoms with Crippen LogP contribution in [0.2, 0.25) is 0 Å². The van der Waals surface area contributed by atoms with Crippen LogP contribution in [-0.2, 0) is 14.3 Å². The van der Waals surface area contributed by atoms with Gasteiger partial charge in [-0.25, -0.2) is 0 Å². The average Bonchev–Trinajstić information content (AvgIpc) is 2.99. The van der Waals surface area contributed by atoms with Gasteiger partial charge >= 0.3 is 0 Å². The number of alkyl halides is 1. The second kappa shape index (κ2) is 6.73. The van der Waals surface area contributed by atoms with Crippen LogP contribution in [0, 0.1) is 0 Å². The predicted octanol–water partition coefficient (Wildman–Crippen LogP) is 1.80. The fourth-order valence-electron chi connectivity index (χ4n) is 2.57. The third-order valence-corrected chi connectivity index (χ3v) is 3.73. The fraction of sp³-hybridized carbons (Fsp3) is 0.923. The van der Waals surface area contributed by atoms with E-state index in [0.717, 1.165) is 38.9 Å². The van der Waals surface area contributed by atoms with Gasteiger partial charge in [-0.05, 0) is 32.6 Å². The number of carbonyl (C=O) groups is 1. The zero-order valence-electron chi connectivity index (χ0n) is 10.9. The molecule has 0 aliphatic carbocycles. The smallest absolute Gasteiger partial charge is 0.240 e. The highest BCUT2D eigenvalue weighted by Gasteiger charge is 2.28. The number of carbonyl (C=O) groups excluding carboxylic acids is 1. The van der Waals surface area contributed by atoms with Crippen LogP contribution < -0.4 is 0 Å². The molecule has 3 atom stereocenters. The van der Waals surface area contributed by atoms with Gasteiger partial charge in [0.25, 0.3) is 0 Å². The van der Waals surface area contributed by atoms with Crippen molar-refractivity contribution >= 4 is 17.5 Å². The van der Waals surface area contributed by atoms with Crippen LogP contribution in [0.4, 0.5) is 0 Å². The summed E-state index contributed by atoms with van der Waals surface area (Å²) in [6.45, 7) is 4.64. The van der Waals surface area contributed by atoms with Gasteiger partial charge in [0, 0.05) is 26.3 Å². The largest absolute Gasteiger partial charge is 0.376 e. The maximum Gasteiger partial charge on any atom is 0.240 e. The third-order valence-electron chi connectivity index (χ3n) is 3.55. The molecule has 18 heavy (non-hydrogen) atoms. The molecule has 0 radical (unpaired) electrons. The van der Waals surface area contributed by atoms with Crippen molar-refractivity contribution in [3.05, 3.63) is 0 Å². The van der Waals surface area contributed by atoms with Crippen LogP contribution in [0.3, 0.4) is 0 Å². The van der Waals surface area contributed by atoms with Crippen molar-refractivity contribution in [2.45, 2.75) is 50.2 Å². The molecule has 4 nitrogen and oxygen atoms in total. The van der Waals surface area contributed by atoms with Gasteiger partial charge in [0.1, 0.15) is 5.38 Å². The molecule has 1 amide bonds. The first-order valence-electron chi connectivity index (χ1n) is 6.83. The molecule has 0 saturated carbocycles. The van der Waals surface area contributed by atoms with Gasteiger partial charge in [0.05, 0.1) is 12.2 Å². The maximum atomic E-state index is 12.1. The minimum absolute atomic E-state index is 0.0114. The summed E-state index contributed by atoms with van der Waals surface area (Å²) in [4.78, 5) is 13.9. The zero-order chi connectivity index (χ0) is 13.0. The summed E-state index contributed by atoms with van der Waals surface area (Å²) in [5.41, 5.74) is 0. The molecule has 0 N–H and O–H groups in total. The molecule has 2 saturated heterocycles. The molecule has 3 unspecified atom stereocenters. The van der Waals surface area contributed by atoms with Crippen molar-refractivity contribution in [3.63, 3.8) is 0 Å². The predicted molar refractivity (Wildman–Crippen MR) is 69.8 cm³/mol. The molecule has 2 rings (SSSR count). The van der Waals surface area contributed by atoms with Crippen LogP contribution >= 0.6 is 11.6 Å². The van der Waals surface area contributed by atoms with E-state index in [1.807, 2.05) is 4.90 Å². The summed E-state index contributed by atoms with van der Waals surface area (Å²) < 4.78 is 11.2. The molecule has 2 heterocycles. The molecule has 2 aliphatic rings. The average molecular weight is 276 g/mol. The number of hydrogen-bond acceptors (Lipinski definition) is 3. The van der Waals surface area contributed by atoms with Gasteiger partial charge in [0.2, 0.25) is 5.91 Å². The van der Waals surface area contributed by atoms with E-state index in [1.54, 1.807) is 6.92 Å². The normalized spacial score (nSPS) is 29.4. The lowest BCUT2D eigenvalue weighted by Crippen LogP contribution is -2.44. The van der Waals surface area contributed by atoms with E-state index < -0.39 is 5.38 Å². The lowest BCUT2D eigenvalue weighted by atomic mass is 10.2. The Hall–Kier alpha value is -0.320. The van der Waals surface area contributed by atoms with E-state index in [0.29, 0.717) is 13.1 Å². The van der Waals surface area contributed by atoms with Crippen molar-refractivity contribution in [1.29, 1.82) is 0 Å². The van der Waals surface area contributed by atoms with E-state index in [-0.39, 0.29) is 18.1 Å². The van der Waals surface area contributed by atoms with Crippen molar-refractivity contribution in [2.75, 3.05) is 26.3 Å². The second-order valence-electron chi connectivity index (χ2n) is 5.13. The highest BCUT2D eigenvalue weighted by molar-refractivity contribution is 6.30. The maximum absolute atomic E-state index is 12.1. The number of rotatable bonds is 5. The SMILES string of the molecule is CC(Cl)C(=O)N(CC1CCCO1)CC1CCCO1. The molecule has 0 bridgehead atoms. The third kappa shape index (κ3) is 3.84. The first kappa shape index (κ1) is 14.1. The van der Waals surface area contributed by atoms with Gasteiger partial charge in [0.15, 0.2) is 0 Å². The molecule has 2 aliphatic heterocycles. The molecule has 0 aromatic carbocycles. The minimum Gasteiger partial charge on any atom is -0.376 e. The first-order valence-corrected chi connectivity index (χ1v) is 7.26. The Labute approximate surface area is 114 Å². The molecule has 0 aromatic rings. The van der Waals surface area contributed by atoms with Gasteiger partial charge < -0.3 is 14.4 Å². The van der Waals surface area contributed by atoms with Gasteiger partial charge in [-0.2, -0.15) is 0 Å². The van der Waals surface area contributed by atoms with Crippen LogP contribution in [0.1, 0.15) is 32.6 Å². The van der Waals surface area contributed by atoms with Crippen molar-refractivity contribution < 1.29 is 14.3 Å². The minimum atomic E-state index is -0.479. The Kier molecular flexibility index (Phi) is 5.27. The Morgan fingerprint density at radius 3 is 2.06 bits per heavy atom. The molecule has 2 fully saturated rings. The van der Waals surface area contributed by atoms with E-state index in [9.17, 15) is 4.79 Å². The van der Waals surface area contributed by atoms with Crippen molar-refractivity contribution in [1.82, 2.24) is 4.90 Å². The highest BCUT2D eigenvalue weighted by Crippen LogP contribution is 2.18. The zero-order valence-corrected chi connectivity index (χ0v) is 11.7. The van der Waals surface area contributed by atoms with E-state index in [4.69, 9.17) is 21.1 Å². The number of amides is 1. The summed E-state index contributed by atoms with van der Waals surface area (Å²) in [6, 6.07) is 0. The topological polar surface area (TPSA) is 38.8 Å². The molecule has 0 aromatic heterocycles. The number of halogens is 1. The lowest BCUT2D eigenvalue weighted by molar-refractivity contribution is -0.133. The van der Waals surface area contributed by atoms with E-state index >= 15 is 0 Å². The molecular formula is C13H22ClNO3. The fourth-order valence-corrected chi connectivity index (χ4v) is 2.71. The Bertz CT molecular complexity index is 255. The van der Waals surface area contributed by atoms with Gasteiger partial charge in [-0.1, -0.05) is 0 Å². The Balaban J connectivity index is 1.90. The summed E-state index contributed by atoms with van der Waals surface area (Å²) in [6.07, 6.45) is 4.58.